The van der Waals surface area contributed by atoms with Crippen molar-refractivity contribution in [2.75, 3.05) is 0 Å². The summed E-state index contributed by atoms with van der Waals surface area (Å²) in [4.78, 5) is 10.00. The summed E-state index contributed by atoms with van der Waals surface area (Å²) >= 11 is 0. The van der Waals surface area contributed by atoms with Crippen LogP contribution in [-0.2, 0) is 4.79 Å². The topological polar surface area (TPSA) is 29.1 Å². The monoisotopic (exact) mass is 160 g/mol. The first kappa shape index (κ1) is 7.35. The molecule has 0 bridgehead atoms. The minimum absolute atomic E-state index is 0.324. The van der Waals surface area contributed by atoms with Gasteiger partial charge in [0, 0.05) is 12.0 Å². The Hall–Kier alpha value is -1.31. The summed E-state index contributed by atoms with van der Waals surface area (Å²) in [6.45, 7) is 0. The highest BCUT2D eigenvalue weighted by atomic mass is 16.1. The van der Waals surface area contributed by atoms with Gasteiger partial charge in [-0.15, -0.1) is 0 Å². The van der Waals surface area contributed by atoms with Crippen molar-refractivity contribution in [2.24, 2.45) is 0 Å². The molecule has 0 saturated heterocycles. The highest BCUT2D eigenvalue weighted by molar-refractivity contribution is 5.50. The molecule has 1 N–H and O–H groups in total. The van der Waals surface area contributed by atoms with Gasteiger partial charge in [-0.25, -0.2) is 0 Å². The van der Waals surface area contributed by atoms with Crippen LogP contribution in [0.3, 0.4) is 0 Å². The molecular formula is C10H10NO. The van der Waals surface area contributed by atoms with E-state index in [1.165, 1.54) is 5.56 Å². The summed E-state index contributed by atoms with van der Waals surface area (Å²) < 4.78 is 0. The molecule has 2 nitrogen and oxygen atoms in total. The Morgan fingerprint density at radius 2 is 2.08 bits per heavy atom. The van der Waals surface area contributed by atoms with Gasteiger partial charge in [0.2, 0.25) is 0 Å². The fourth-order valence-electron chi connectivity index (χ4n) is 1.50. The van der Waals surface area contributed by atoms with Crippen molar-refractivity contribution in [3.05, 3.63) is 35.9 Å². The molecule has 1 aromatic rings. The van der Waals surface area contributed by atoms with Crippen LogP contribution in [0.25, 0.3) is 0 Å². The summed E-state index contributed by atoms with van der Waals surface area (Å²) in [7, 11) is 0. The van der Waals surface area contributed by atoms with Gasteiger partial charge >= 0.3 is 6.41 Å². The number of carbonyl (C=O) groups excluding carboxylic acids is 1. The van der Waals surface area contributed by atoms with E-state index in [2.05, 4.69) is 17.4 Å². The van der Waals surface area contributed by atoms with Gasteiger partial charge in [0.1, 0.15) is 0 Å². The summed E-state index contributed by atoms with van der Waals surface area (Å²) in [6, 6.07) is 10.6. The van der Waals surface area contributed by atoms with Crippen LogP contribution in [0.15, 0.2) is 30.3 Å². The molecule has 2 heteroatoms. The van der Waals surface area contributed by atoms with Crippen LogP contribution in [-0.4, -0.2) is 12.5 Å². The van der Waals surface area contributed by atoms with Gasteiger partial charge in [0.05, 0.1) is 0 Å². The van der Waals surface area contributed by atoms with Crippen molar-refractivity contribution in [3.8, 4) is 0 Å². The second-order valence-corrected chi connectivity index (χ2v) is 3.11. The van der Waals surface area contributed by atoms with Crippen LogP contribution in [0.5, 0.6) is 0 Å². The summed E-state index contributed by atoms with van der Waals surface area (Å²) in [5.74, 6) is 0.521. The van der Waals surface area contributed by atoms with Gasteiger partial charge in [0.15, 0.2) is 0 Å². The van der Waals surface area contributed by atoms with E-state index >= 15 is 0 Å². The largest absolute Gasteiger partial charge is 0.344 e. The first-order chi connectivity index (χ1) is 5.92. The lowest BCUT2D eigenvalue weighted by molar-refractivity contribution is 0.540. The van der Waals surface area contributed by atoms with Gasteiger partial charge in [-0.05, 0) is 12.0 Å². The van der Waals surface area contributed by atoms with E-state index in [4.69, 9.17) is 0 Å². The molecule has 0 aromatic heterocycles. The molecular weight excluding hydrogens is 150 g/mol. The molecule has 1 aliphatic rings. The highest BCUT2D eigenvalue weighted by Crippen LogP contribution is 2.40. The third-order valence-corrected chi connectivity index (χ3v) is 2.26. The summed E-state index contributed by atoms with van der Waals surface area (Å²) in [6.07, 6.45) is 2.78. The Kier molecular flexibility index (Phi) is 1.82. The lowest BCUT2D eigenvalue weighted by Gasteiger charge is -1.97. The zero-order valence-electron chi connectivity index (χ0n) is 6.66. The lowest BCUT2D eigenvalue weighted by Crippen LogP contribution is -2.14. The van der Waals surface area contributed by atoms with E-state index in [1.807, 2.05) is 18.2 Å². The second kappa shape index (κ2) is 2.97. The highest BCUT2D eigenvalue weighted by Gasteiger charge is 2.37. The van der Waals surface area contributed by atoms with Crippen LogP contribution in [0.4, 0.5) is 0 Å². The average molecular weight is 160 g/mol. The number of rotatable bonds is 3. The zero-order valence-corrected chi connectivity index (χ0v) is 6.66. The molecule has 1 aromatic carbocycles. The first-order valence-electron chi connectivity index (χ1n) is 4.09. The lowest BCUT2D eigenvalue weighted by atomic mass is 10.1. The van der Waals surface area contributed by atoms with E-state index < -0.39 is 0 Å². The molecule has 2 rings (SSSR count). The average Bonchev–Trinajstić information content (AvgIpc) is 2.87. The molecule has 2 unspecified atom stereocenters. The Bertz CT molecular complexity index is 270. The second-order valence-electron chi connectivity index (χ2n) is 3.11. The van der Waals surface area contributed by atoms with Crippen LogP contribution < -0.4 is 5.32 Å². The van der Waals surface area contributed by atoms with E-state index in [9.17, 15) is 4.79 Å². The summed E-state index contributed by atoms with van der Waals surface area (Å²) in [5.41, 5.74) is 1.31. The predicted octanol–water partition coefficient (Wildman–Crippen LogP) is 1.20. The Balaban J connectivity index is 2.01. The number of nitrogens with one attached hydrogen (secondary N) is 1. The van der Waals surface area contributed by atoms with Gasteiger partial charge < -0.3 is 5.32 Å². The maximum Gasteiger partial charge on any atom is 0.309 e. The minimum Gasteiger partial charge on any atom is -0.344 e. The van der Waals surface area contributed by atoms with Gasteiger partial charge in [0.25, 0.3) is 0 Å². The van der Waals surface area contributed by atoms with E-state index in [1.54, 1.807) is 6.41 Å². The van der Waals surface area contributed by atoms with Crippen LogP contribution in [0, 0.1) is 0 Å². The Labute approximate surface area is 71.6 Å². The number of benzene rings is 1. The van der Waals surface area contributed by atoms with Crippen molar-refractivity contribution in [1.29, 1.82) is 0 Å². The minimum atomic E-state index is 0.324. The fraction of sp³-hybridized carbons (Fsp3) is 0.300. The molecule has 1 saturated carbocycles. The maximum absolute atomic E-state index is 10.00. The summed E-state index contributed by atoms with van der Waals surface area (Å²) in [5, 5.41) is 2.66. The molecule has 2 atom stereocenters. The molecule has 61 valence electrons. The third-order valence-electron chi connectivity index (χ3n) is 2.26. The quantitative estimate of drug-likeness (QED) is 0.661. The smallest absolute Gasteiger partial charge is 0.309 e. The maximum atomic E-state index is 10.00. The van der Waals surface area contributed by atoms with Crippen molar-refractivity contribution < 1.29 is 4.79 Å². The molecule has 0 heterocycles. The standard InChI is InChI=1S/C10H10NO/c12-7-11-10-6-9(10)8-4-2-1-3-5-8/h1-5,9-10H,6H2,(H,11,12). The van der Waals surface area contributed by atoms with Gasteiger partial charge in [-0.1, -0.05) is 30.3 Å². The fourth-order valence-corrected chi connectivity index (χ4v) is 1.50. The Morgan fingerprint density at radius 3 is 2.75 bits per heavy atom. The van der Waals surface area contributed by atoms with Crippen molar-refractivity contribution in [1.82, 2.24) is 5.32 Å². The van der Waals surface area contributed by atoms with Gasteiger partial charge in [-0.2, -0.15) is 0 Å². The molecule has 1 radical (unpaired) electrons. The SMILES string of the molecule is O=[C]NC1CC1c1ccccc1. The predicted molar refractivity (Wildman–Crippen MR) is 46.4 cm³/mol. The third kappa shape index (κ3) is 1.33. The molecule has 1 aliphatic carbocycles. The molecule has 0 aliphatic heterocycles. The molecule has 12 heavy (non-hydrogen) atoms. The zero-order chi connectivity index (χ0) is 8.39. The van der Waals surface area contributed by atoms with Crippen molar-refractivity contribution in [2.45, 2.75) is 18.4 Å². The van der Waals surface area contributed by atoms with Crippen molar-refractivity contribution >= 4 is 6.41 Å². The van der Waals surface area contributed by atoms with E-state index in [-0.39, 0.29) is 0 Å². The molecule has 1 fully saturated rings. The Morgan fingerprint density at radius 1 is 1.33 bits per heavy atom. The number of hydrogen-bond donors (Lipinski definition) is 1. The van der Waals surface area contributed by atoms with Gasteiger partial charge in [-0.3, -0.25) is 4.79 Å². The first-order valence-corrected chi connectivity index (χ1v) is 4.09. The molecule has 1 amide bonds. The number of hydrogen-bond acceptors (Lipinski definition) is 1. The van der Waals surface area contributed by atoms with Crippen LogP contribution in [0.2, 0.25) is 0 Å². The molecule has 0 spiro atoms. The van der Waals surface area contributed by atoms with Crippen LogP contribution >= 0.6 is 0 Å². The van der Waals surface area contributed by atoms with E-state index in [0.29, 0.717) is 12.0 Å². The van der Waals surface area contributed by atoms with Crippen LogP contribution in [0.1, 0.15) is 17.9 Å². The van der Waals surface area contributed by atoms with E-state index in [0.717, 1.165) is 6.42 Å². The normalized spacial score (nSPS) is 26.3. The van der Waals surface area contributed by atoms with Crippen molar-refractivity contribution in [3.63, 3.8) is 0 Å². The number of amides is 1.